The van der Waals surface area contributed by atoms with E-state index >= 15 is 0 Å². The number of hydrogen-bond donors (Lipinski definition) is 2. The second-order valence-corrected chi connectivity index (χ2v) is 6.27. The molecule has 1 aromatic heterocycles. The molecule has 0 spiro atoms. The number of nitrogens with zero attached hydrogens (tertiary/aromatic N) is 3. The second-order valence-electron chi connectivity index (χ2n) is 6.27. The molecule has 0 aliphatic carbocycles. The number of aromatic nitrogens is 1. The summed E-state index contributed by atoms with van der Waals surface area (Å²) < 4.78 is 0. The van der Waals surface area contributed by atoms with Gasteiger partial charge < -0.3 is 15.5 Å². The zero-order chi connectivity index (χ0) is 17.8. The molecule has 0 saturated heterocycles. The minimum absolute atomic E-state index is 0. The molecule has 144 valence electrons. The molecule has 1 heterocycles. The van der Waals surface area contributed by atoms with E-state index in [4.69, 9.17) is 0 Å². The van der Waals surface area contributed by atoms with Gasteiger partial charge in [-0.15, -0.1) is 24.0 Å². The third-order valence-electron chi connectivity index (χ3n) is 4.29. The highest BCUT2D eigenvalue weighted by Crippen LogP contribution is 2.01. The number of guanidine groups is 1. The van der Waals surface area contributed by atoms with E-state index in [1.54, 1.807) is 0 Å². The lowest BCUT2D eigenvalue weighted by molar-refractivity contribution is 0.292. The van der Waals surface area contributed by atoms with Gasteiger partial charge in [0.1, 0.15) is 0 Å². The first-order valence-electron chi connectivity index (χ1n) is 9.20. The first kappa shape index (κ1) is 24.1. The van der Waals surface area contributed by atoms with Crippen LogP contribution >= 0.6 is 24.0 Å². The van der Waals surface area contributed by atoms with Crippen LogP contribution < -0.4 is 10.6 Å². The van der Waals surface area contributed by atoms with Crippen molar-refractivity contribution in [1.82, 2.24) is 20.5 Å². The maximum atomic E-state index is 4.33. The van der Waals surface area contributed by atoms with Gasteiger partial charge in [-0.25, -0.2) is 0 Å². The maximum absolute atomic E-state index is 4.33. The number of nitrogens with one attached hydrogen (secondary N) is 2. The second kappa shape index (κ2) is 14.3. The van der Waals surface area contributed by atoms with E-state index < -0.39 is 0 Å². The van der Waals surface area contributed by atoms with Crippen molar-refractivity contribution in [3.05, 3.63) is 29.6 Å². The van der Waals surface area contributed by atoms with Crippen molar-refractivity contribution in [2.75, 3.05) is 33.2 Å². The molecule has 5 nitrogen and oxygen atoms in total. The number of pyridine rings is 1. The largest absolute Gasteiger partial charge is 0.356 e. The van der Waals surface area contributed by atoms with E-state index in [-0.39, 0.29) is 24.0 Å². The molecule has 0 amide bonds. The Morgan fingerprint density at radius 2 is 2.00 bits per heavy atom. The molecule has 1 aromatic rings. The minimum Gasteiger partial charge on any atom is -0.356 e. The molecule has 0 aromatic carbocycles. The quantitative estimate of drug-likeness (QED) is 0.319. The fourth-order valence-electron chi connectivity index (χ4n) is 2.63. The summed E-state index contributed by atoms with van der Waals surface area (Å²) in [4.78, 5) is 11.1. The molecule has 2 N–H and O–H groups in total. The van der Waals surface area contributed by atoms with Crippen molar-refractivity contribution in [2.24, 2.45) is 4.99 Å². The monoisotopic (exact) mass is 461 g/mol. The highest BCUT2D eigenvalue weighted by molar-refractivity contribution is 14.0. The standard InChI is InChI=1S/C19H35N5.HI/c1-6-24(7-2)14-8-9-17(4)23-19(20-5)21-13-12-18-11-10-16(3)22-15-18;/h10-11,15,17H,6-9,12-14H2,1-5H3,(H2,20,21,23);1H. The zero-order valence-electron chi connectivity index (χ0n) is 16.5. The molecule has 0 radical (unpaired) electrons. The van der Waals surface area contributed by atoms with Gasteiger partial charge in [-0.2, -0.15) is 0 Å². The third-order valence-corrected chi connectivity index (χ3v) is 4.29. The number of hydrogen-bond acceptors (Lipinski definition) is 3. The van der Waals surface area contributed by atoms with Crippen molar-refractivity contribution in [1.29, 1.82) is 0 Å². The Morgan fingerprint density at radius 1 is 1.28 bits per heavy atom. The van der Waals surface area contributed by atoms with Gasteiger partial charge in [0.05, 0.1) is 0 Å². The molecule has 1 atom stereocenters. The Hall–Kier alpha value is -0.890. The van der Waals surface area contributed by atoms with Crippen molar-refractivity contribution < 1.29 is 0 Å². The summed E-state index contributed by atoms with van der Waals surface area (Å²) in [5.41, 5.74) is 2.30. The Kier molecular flexibility index (Phi) is 13.8. The van der Waals surface area contributed by atoms with E-state index in [0.717, 1.165) is 44.1 Å². The summed E-state index contributed by atoms with van der Waals surface area (Å²) in [5, 5.41) is 6.86. The van der Waals surface area contributed by atoms with Crippen LogP contribution in [0.2, 0.25) is 0 Å². The van der Waals surface area contributed by atoms with Gasteiger partial charge in [-0.05, 0) is 64.4 Å². The van der Waals surface area contributed by atoms with E-state index in [0.29, 0.717) is 6.04 Å². The fraction of sp³-hybridized carbons (Fsp3) is 0.684. The predicted molar refractivity (Wildman–Crippen MR) is 119 cm³/mol. The van der Waals surface area contributed by atoms with Crippen LogP contribution in [-0.4, -0.2) is 55.1 Å². The Morgan fingerprint density at radius 3 is 2.56 bits per heavy atom. The van der Waals surface area contributed by atoms with Gasteiger partial charge in [0, 0.05) is 31.5 Å². The van der Waals surface area contributed by atoms with Crippen LogP contribution in [0.25, 0.3) is 0 Å². The van der Waals surface area contributed by atoms with Crippen molar-refractivity contribution in [3.8, 4) is 0 Å². The van der Waals surface area contributed by atoms with E-state index in [1.807, 2.05) is 20.2 Å². The first-order valence-corrected chi connectivity index (χ1v) is 9.20. The normalized spacial score (nSPS) is 12.6. The zero-order valence-corrected chi connectivity index (χ0v) is 18.8. The predicted octanol–water partition coefficient (Wildman–Crippen LogP) is 3.23. The number of rotatable bonds is 10. The molecule has 1 unspecified atom stereocenters. The van der Waals surface area contributed by atoms with Gasteiger partial charge in [-0.3, -0.25) is 9.98 Å². The highest BCUT2D eigenvalue weighted by Gasteiger charge is 2.06. The summed E-state index contributed by atoms with van der Waals surface area (Å²) in [7, 11) is 1.82. The van der Waals surface area contributed by atoms with Crippen LogP contribution in [0, 0.1) is 6.92 Å². The average molecular weight is 461 g/mol. The summed E-state index contributed by atoms with van der Waals surface area (Å²) in [6.07, 6.45) is 5.26. The van der Waals surface area contributed by atoms with E-state index in [1.165, 1.54) is 18.5 Å². The molecule has 0 fully saturated rings. The van der Waals surface area contributed by atoms with Crippen LogP contribution in [0.4, 0.5) is 0 Å². The number of aliphatic imine (C=N–C) groups is 1. The van der Waals surface area contributed by atoms with Crippen molar-refractivity contribution in [3.63, 3.8) is 0 Å². The lowest BCUT2D eigenvalue weighted by Gasteiger charge is -2.21. The first-order chi connectivity index (χ1) is 11.6. The van der Waals surface area contributed by atoms with Crippen LogP contribution in [0.1, 0.15) is 44.9 Å². The Bertz CT molecular complexity index is 471. The maximum Gasteiger partial charge on any atom is 0.191 e. The molecule has 0 aliphatic rings. The molecule has 1 rings (SSSR count). The van der Waals surface area contributed by atoms with E-state index in [9.17, 15) is 0 Å². The third kappa shape index (κ3) is 10.6. The minimum atomic E-state index is 0. The lowest BCUT2D eigenvalue weighted by Crippen LogP contribution is -2.43. The fourth-order valence-corrected chi connectivity index (χ4v) is 2.63. The Labute approximate surface area is 171 Å². The topological polar surface area (TPSA) is 52.5 Å². The van der Waals surface area contributed by atoms with Crippen molar-refractivity contribution in [2.45, 2.75) is 53.0 Å². The molecule has 25 heavy (non-hydrogen) atoms. The van der Waals surface area contributed by atoms with Crippen LogP contribution in [0.15, 0.2) is 23.3 Å². The smallest absolute Gasteiger partial charge is 0.191 e. The number of aryl methyl sites for hydroxylation is 1. The summed E-state index contributed by atoms with van der Waals surface area (Å²) >= 11 is 0. The van der Waals surface area contributed by atoms with Gasteiger partial charge in [0.15, 0.2) is 5.96 Å². The lowest BCUT2D eigenvalue weighted by atomic mass is 10.2. The molecule has 0 bridgehead atoms. The Balaban J connectivity index is 0.00000576. The molecule has 6 heteroatoms. The number of halogens is 1. The van der Waals surface area contributed by atoms with Gasteiger partial charge in [0.2, 0.25) is 0 Å². The van der Waals surface area contributed by atoms with Gasteiger partial charge >= 0.3 is 0 Å². The van der Waals surface area contributed by atoms with Gasteiger partial charge in [0.25, 0.3) is 0 Å². The van der Waals surface area contributed by atoms with Crippen LogP contribution in [-0.2, 0) is 6.42 Å². The highest BCUT2D eigenvalue weighted by atomic mass is 127. The summed E-state index contributed by atoms with van der Waals surface area (Å²) in [6, 6.07) is 4.61. The van der Waals surface area contributed by atoms with Gasteiger partial charge in [-0.1, -0.05) is 19.9 Å². The molecule has 0 aliphatic heterocycles. The van der Waals surface area contributed by atoms with Crippen LogP contribution in [0.3, 0.4) is 0 Å². The molecular formula is C19H36IN5. The van der Waals surface area contributed by atoms with E-state index in [2.05, 4.69) is 58.4 Å². The SMILES string of the molecule is CCN(CC)CCCC(C)NC(=NC)NCCc1ccc(C)nc1.I. The van der Waals surface area contributed by atoms with Crippen molar-refractivity contribution >= 4 is 29.9 Å². The average Bonchev–Trinajstić information content (AvgIpc) is 2.59. The van der Waals surface area contributed by atoms with Crippen LogP contribution in [0.5, 0.6) is 0 Å². The summed E-state index contributed by atoms with van der Waals surface area (Å²) in [6.45, 7) is 13.0. The molecule has 0 saturated carbocycles. The summed E-state index contributed by atoms with van der Waals surface area (Å²) in [5.74, 6) is 0.880. The molecular weight excluding hydrogens is 425 g/mol.